The van der Waals surface area contributed by atoms with Crippen molar-refractivity contribution in [1.29, 1.82) is 0 Å². The molecule has 0 amide bonds. The molecule has 1 aromatic rings. The van der Waals surface area contributed by atoms with Gasteiger partial charge in [0, 0.05) is 12.2 Å². The van der Waals surface area contributed by atoms with Crippen molar-refractivity contribution in [3.8, 4) is 0 Å². The van der Waals surface area contributed by atoms with E-state index in [9.17, 15) is 4.79 Å². The van der Waals surface area contributed by atoms with Gasteiger partial charge in [0.15, 0.2) is 0 Å². The van der Waals surface area contributed by atoms with E-state index in [0.717, 1.165) is 5.56 Å². The number of hydrogen-bond donors (Lipinski definition) is 2. The van der Waals surface area contributed by atoms with Crippen molar-refractivity contribution in [3.05, 3.63) is 53.1 Å². The van der Waals surface area contributed by atoms with Crippen LogP contribution in [0.25, 0.3) is 6.08 Å². The molecule has 0 fully saturated rings. The van der Waals surface area contributed by atoms with Crippen LogP contribution in [0, 0.1) is 0 Å². The predicted octanol–water partition coefficient (Wildman–Crippen LogP) is 2.48. The summed E-state index contributed by atoms with van der Waals surface area (Å²) >= 11 is 0. The molecule has 3 nitrogen and oxygen atoms in total. The highest BCUT2D eigenvalue weighted by atomic mass is 16.4. The summed E-state index contributed by atoms with van der Waals surface area (Å²) in [6.07, 6.45) is 3.94. The zero-order valence-corrected chi connectivity index (χ0v) is 9.76. The van der Waals surface area contributed by atoms with Crippen LogP contribution in [0.1, 0.15) is 18.9 Å². The summed E-state index contributed by atoms with van der Waals surface area (Å²) in [6.45, 7) is 1.49. The van der Waals surface area contributed by atoms with E-state index in [-0.39, 0.29) is 12.2 Å². The average molecular weight is 232 g/mol. The molecule has 0 unspecified atom stereocenters. The first-order valence-corrected chi connectivity index (χ1v) is 5.42. The second-order valence-electron chi connectivity index (χ2n) is 3.67. The first-order chi connectivity index (χ1) is 8.15. The van der Waals surface area contributed by atoms with Crippen LogP contribution in [0.2, 0.25) is 0 Å². The van der Waals surface area contributed by atoms with Crippen LogP contribution in [-0.4, -0.2) is 22.8 Å². The number of allylic oxidation sites excluding steroid dienone is 1. The van der Waals surface area contributed by atoms with Gasteiger partial charge in [0.25, 0.3) is 0 Å². The number of hydrogen-bond acceptors (Lipinski definition) is 2. The van der Waals surface area contributed by atoms with Crippen LogP contribution in [0.3, 0.4) is 0 Å². The Labute approximate surface area is 101 Å². The first-order valence-electron chi connectivity index (χ1n) is 5.42. The highest BCUT2D eigenvalue weighted by Crippen LogP contribution is 2.13. The van der Waals surface area contributed by atoms with Crippen molar-refractivity contribution in [1.82, 2.24) is 0 Å². The van der Waals surface area contributed by atoms with Gasteiger partial charge in [-0.05, 0) is 24.5 Å². The first kappa shape index (κ1) is 13.2. The minimum Gasteiger partial charge on any atom is -0.478 e. The van der Waals surface area contributed by atoms with Gasteiger partial charge in [-0.15, -0.1) is 0 Å². The largest absolute Gasteiger partial charge is 0.478 e. The van der Waals surface area contributed by atoms with E-state index in [1.807, 2.05) is 36.4 Å². The van der Waals surface area contributed by atoms with Crippen molar-refractivity contribution in [3.63, 3.8) is 0 Å². The maximum atomic E-state index is 10.9. The fourth-order valence-electron chi connectivity index (χ4n) is 1.41. The Morgan fingerprint density at radius 3 is 2.47 bits per heavy atom. The number of carboxylic acid groups (broad SMARTS) is 1. The molecule has 0 spiro atoms. The lowest BCUT2D eigenvalue weighted by Crippen LogP contribution is -2.01. The van der Waals surface area contributed by atoms with Crippen LogP contribution in [0.5, 0.6) is 0 Å². The molecule has 0 saturated heterocycles. The molecule has 90 valence electrons. The lowest BCUT2D eigenvalue weighted by Gasteiger charge is -2.03. The zero-order chi connectivity index (χ0) is 12.7. The Hall–Kier alpha value is -1.87. The van der Waals surface area contributed by atoms with E-state index >= 15 is 0 Å². The maximum Gasteiger partial charge on any atom is 0.331 e. The number of aliphatic hydroxyl groups is 1. The molecular formula is C14H16O3. The van der Waals surface area contributed by atoms with Gasteiger partial charge in [0.2, 0.25) is 0 Å². The molecule has 1 rings (SSSR count). The normalized spacial score (nSPS) is 12.6. The SMILES string of the molecule is CC(C(=O)O)=C(C=Cc1ccccc1)CCO. The second-order valence-corrected chi connectivity index (χ2v) is 3.67. The number of carboxylic acids is 1. The van der Waals surface area contributed by atoms with Crippen molar-refractivity contribution >= 4 is 12.0 Å². The van der Waals surface area contributed by atoms with Crippen molar-refractivity contribution in [2.24, 2.45) is 0 Å². The van der Waals surface area contributed by atoms with E-state index in [2.05, 4.69) is 0 Å². The minimum absolute atomic E-state index is 0.0565. The number of aliphatic carboxylic acids is 1. The summed E-state index contributed by atoms with van der Waals surface area (Å²) in [7, 11) is 0. The van der Waals surface area contributed by atoms with Gasteiger partial charge in [-0.25, -0.2) is 4.79 Å². The van der Waals surface area contributed by atoms with E-state index in [1.54, 1.807) is 13.0 Å². The summed E-state index contributed by atoms with van der Waals surface area (Å²) < 4.78 is 0. The number of aliphatic hydroxyl groups excluding tert-OH is 1. The van der Waals surface area contributed by atoms with Crippen LogP contribution < -0.4 is 0 Å². The van der Waals surface area contributed by atoms with Crippen LogP contribution in [-0.2, 0) is 4.79 Å². The van der Waals surface area contributed by atoms with Gasteiger partial charge in [-0.3, -0.25) is 0 Å². The summed E-state index contributed by atoms with van der Waals surface area (Å²) in [5, 5.41) is 17.8. The molecular weight excluding hydrogens is 216 g/mol. The van der Waals surface area contributed by atoms with Crippen molar-refractivity contribution in [2.45, 2.75) is 13.3 Å². The molecule has 0 aliphatic carbocycles. The Balaban J connectivity index is 2.92. The highest BCUT2D eigenvalue weighted by molar-refractivity contribution is 5.87. The lowest BCUT2D eigenvalue weighted by atomic mass is 10.0. The molecule has 0 aromatic heterocycles. The zero-order valence-electron chi connectivity index (χ0n) is 9.76. The van der Waals surface area contributed by atoms with Gasteiger partial charge in [0.05, 0.1) is 0 Å². The number of carbonyl (C=O) groups is 1. The molecule has 0 aliphatic rings. The molecule has 0 aliphatic heterocycles. The van der Waals surface area contributed by atoms with Crippen molar-refractivity contribution in [2.75, 3.05) is 6.61 Å². The lowest BCUT2D eigenvalue weighted by molar-refractivity contribution is -0.132. The molecule has 1 aromatic carbocycles. The molecule has 2 N–H and O–H groups in total. The molecule has 0 bridgehead atoms. The fraction of sp³-hybridized carbons (Fsp3) is 0.214. The molecule has 3 heteroatoms. The number of benzene rings is 1. The van der Waals surface area contributed by atoms with Crippen LogP contribution >= 0.6 is 0 Å². The highest BCUT2D eigenvalue weighted by Gasteiger charge is 2.06. The third-order valence-electron chi connectivity index (χ3n) is 2.46. The Morgan fingerprint density at radius 1 is 1.29 bits per heavy atom. The Morgan fingerprint density at radius 2 is 1.94 bits per heavy atom. The summed E-state index contributed by atoms with van der Waals surface area (Å²) in [5.41, 5.74) is 1.91. The average Bonchev–Trinajstić information content (AvgIpc) is 2.34. The van der Waals surface area contributed by atoms with Gasteiger partial charge < -0.3 is 10.2 Å². The number of rotatable bonds is 5. The monoisotopic (exact) mass is 232 g/mol. The second kappa shape index (κ2) is 6.66. The summed E-state index contributed by atoms with van der Waals surface area (Å²) in [4.78, 5) is 10.9. The van der Waals surface area contributed by atoms with E-state index < -0.39 is 5.97 Å². The Kier molecular flexibility index (Phi) is 5.17. The van der Waals surface area contributed by atoms with E-state index in [1.165, 1.54) is 0 Å². The van der Waals surface area contributed by atoms with E-state index in [4.69, 9.17) is 10.2 Å². The van der Waals surface area contributed by atoms with Crippen molar-refractivity contribution < 1.29 is 15.0 Å². The van der Waals surface area contributed by atoms with Gasteiger partial charge in [-0.2, -0.15) is 0 Å². The molecule has 0 atom stereocenters. The molecule has 17 heavy (non-hydrogen) atoms. The van der Waals surface area contributed by atoms with Crippen LogP contribution in [0.15, 0.2) is 47.6 Å². The summed E-state index contributed by atoms with van der Waals surface area (Å²) in [6, 6.07) is 9.62. The van der Waals surface area contributed by atoms with Crippen LogP contribution in [0.4, 0.5) is 0 Å². The minimum atomic E-state index is -0.953. The molecule has 0 saturated carbocycles. The molecule has 0 heterocycles. The maximum absolute atomic E-state index is 10.9. The third-order valence-corrected chi connectivity index (χ3v) is 2.46. The quantitative estimate of drug-likeness (QED) is 0.605. The van der Waals surface area contributed by atoms with Gasteiger partial charge in [-0.1, -0.05) is 42.5 Å². The topological polar surface area (TPSA) is 57.5 Å². The van der Waals surface area contributed by atoms with Gasteiger partial charge in [0.1, 0.15) is 0 Å². The predicted molar refractivity (Wildman–Crippen MR) is 67.5 cm³/mol. The third kappa shape index (κ3) is 4.25. The van der Waals surface area contributed by atoms with E-state index in [0.29, 0.717) is 12.0 Å². The summed E-state index contributed by atoms with van der Waals surface area (Å²) in [5.74, 6) is -0.953. The standard InChI is InChI=1S/C14H16O3/c1-11(14(16)17)13(9-10-15)8-7-12-5-3-2-4-6-12/h2-8,15H,9-10H2,1H3,(H,16,17). The fourth-order valence-corrected chi connectivity index (χ4v) is 1.41. The molecule has 0 radical (unpaired) electrons. The smallest absolute Gasteiger partial charge is 0.331 e. The van der Waals surface area contributed by atoms with Gasteiger partial charge >= 0.3 is 5.97 Å². The Bertz CT molecular complexity index is 430.